The van der Waals surface area contributed by atoms with Crippen LogP contribution in [0.4, 0.5) is 0 Å². The first kappa shape index (κ1) is 17.7. The summed E-state index contributed by atoms with van der Waals surface area (Å²) in [6.07, 6.45) is 10.3. The van der Waals surface area contributed by atoms with Crippen molar-refractivity contribution in [3.8, 4) is 0 Å². The van der Waals surface area contributed by atoms with Crippen LogP contribution in [0.1, 0.15) is 44.0 Å². The van der Waals surface area contributed by atoms with E-state index in [9.17, 15) is 4.79 Å². The van der Waals surface area contributed by atoms with Crippen molar-refractivity contribution in [3.63, 3.8) is 0 Å². The standard InChI is InChI=1S/C20H25NO/c1-5-7-9-14-19(16(3)6-2)15-17(4)21-20(22)18-12-10-8-11-13-18/h6,8-15H,4-5,7H2,1-3H3,(H,21,22)/b14-9-,16-6-,19-15-. The van der Waals surface area contributed by atoms with Crippen molar-refractivity contribution < 1.29 is 4.79 Å². The summed E-state index contributed by atoms with van der Waals surface area (Å²) in [5.74, 6) is -0.142. The van der Waals surface area contributed by atoms with Crippen molar-refractivity contribution in [1.29, 1.82) is 0 Å². The highest BCUT2D eigenvalue weighted by molar-refractivity contribution is 5.95. The minimum Gasteiger partial charge on any atom is -0.323 e. The molecule has 0 bridgehead atoms. The number of allylic oxidation sites excluding steroid dienone is 6. The van der Waals surface area contributed by atoms with Crippen LogP contribution in [-0.4, -0.2) is 5.91 Å². The highest BCUT2D eigenvalue weighted by atomic mass is 16.1. The summed E-state index contributed by atoms with van der Waals surface area (Å²) in [6.45, 7) is 10.1. The van der Waals surface area contributed by atoms with Gasteiger partial charge in [0.15, 0.2) is 0 Å². The Kier molecular flexibility index (Phi) is 7.69. The molecule has 0 aromatic heterocycles. The fourth-order valence-corrected chi connectivity index (χ4v) is 1.87. The maximum absolute atomic E-state index is 12.1. The van der Waals surface area contributed by atoms with Gasteiger partial charge in [0.2, 0.25) is 0 Å². The number of hydrogen-bond acceptors (Lipinski definition) is 1. The Morgan fingerprint density at radius 3 is 2.55 bits per heavy atom. The van der Waals surface area contributed by atoms with E-state index in [0.717, 1.165) is 24.0 Å². The molecule has 116 valence electrons. The summed E-state index contributed by atoms with van der Waals surface area (Å²) >= 11 is 0. The Bertz CT molecular complexity index is 591. The Balaban J connectivity index is 2.82. The monoisotopic (exact) mass is 295 g/mol. The van der Waals surface area contributed by atoms with Gasteiger partial charge in [-0.05, 0) is 49.6 Å². The lowest BCUT2D eigenvalue weighted by atomic mass is 10.1. The fourth-order valence-electron chi connectivity index (χ4n) is 1.87. The quantitative estimate of drug-likeness (QED) is 0.690. The lowest BCUT2D eigenvalue weighted by Gasteiger charge is -2.08. The Morgan fingerprint density at radius 1 is 1.27 bits per heavy atom. The highest BCUT2D eigenvalue weighted by Gasteiger charge is 2.05. The molecule has 2 heteroatoms. The van der Waals surface area contributed by atoms with Crippen molar-refractivity contribution in [3.05, 3.63) is 83.6 Å². The van der Waals surface area contributed by atoms with Gasteiger partial charge in [0.25, 0.3) is 5.91 Å². The molecule has 0 spiro atoms. The minimum absolute atomic E-state index is 0.142. The first-order chi connectivity index (χ1) is 10.6. The highest BCUT2D eigenvalue weighted by Crippen LogP contribution is 2.13. The molecular weight excluding hydrogens is 270 g/mol. The van der Waals surface area contributed by atoms with Crippen molar-refractivity contribution in [2.24, 2.45) is 0 Å². The van der Waals surface area contributed by atoms with Crippen LogP contribution in [0.2, 0.25) is 0 Å². The predicted octanol–water partition coefficient (Wildman–Crippen LogP) is 5.18. The molecule has 0 atom stereocenters. The van der Waals surface area contributed by atoms with Crippen LogP contribution in [0, 0.1) is 0 Å². The molecule has 0 saturated carbocycles. The van der Waals surface area contributed by atoms with E-state index in [-0.39, 0.29) is 5.91 Å². The van der Waals surface area contributed by atoms with E-state index in [4.69, 9.17) is 0 Å². The second kappa shape index (κ2) is 9.56. The third-order valence-corrected chi connectivity index (χ3v) is 3.28. The molecule has 1 aromatic rings. The van der Waals surface area contributed by atoms with Gasteiger partial charge < -0.3 is 5.32 Å². The second-order valence-electron chi connectivity index (χ2n) is 5.11. The first-order valence-corrected chi connectivity index (χ1v) is 7.65. The average Bonchev–Trinajstić information content (AvgIpc) is 2.54. The van der Waals surface area contributed by atoms with Gasteiger partial charge in [-0.15, -0.1) is 0 Å². The molecule has 1 amide bonds. The minimum atomic E-state index is -0.142. The van der Waals surface area contributed by atoms with Crippen LogP contribution in [0.15, 0.2) is 78.1 Å². The van der Waals surface area contributed by atoms with Crippen LogP contribution in [0.25, 0.3) is 0 Å². The van der Waals surface area contributed by atoms with E-state index in [1.165, 1.54) is 0 Å². The third kappa shape index (κ3) is 5.96. The van der Waals surface area contributed by atoms with Crippen LogP contribution in [0.3, 0.4) is 0 Å². The number of unbranched alkanes of at least 4 members (excludes halogenated alkanes) is 1. The summed E-state index contributed by atoms with van der Waals surface area (Å²) in [6, 6.07) is 9.14. The molecule has 0 aliphatic heterocycles. The lowest BCUT2D eigenvalue weighted by molar-refractivity contribution is 0.0967. The molecular formula is C20H25NO. The van der Waals surface area contributed by atoms with E-state index in [1.54, 1.807) is 12.1 Å². The molecule has 2 nitrogen and oxygen atoms in total. The Labute approximate surface area is 133 Å². The SMILES string of the molecule is C=C(/C=C(/C=C\CCC)C(\C)=C/C)NC(=O)c1ccccc1. The third-order valence-electron chi connectivity index (χ3n) is 3.28. The van der Waals surface area contributed by atoms with Crippen LogP contribution in [-0.2, 0) is 0 Å². The summed E-state index contributed by atoms with van der Waals surface area (Å²) in [4.78, 5) is 12.1. The van der Waals surface area contributed by atoms with Gasteiger partial charge in [0.05, 0.1) is 0 Å². The predicted molar refractivity (Wildman–Crippen MR) is 94.6 cm³/mol. The molecule has 22 heavy (non-hydrogen) atoms. The van der Waals surface area contributed by atoms with Crippen molar-refractivity contribution in [1.82, 2.24) is 5.32 Å². The maximum atomic E-state index is 12.1. The van der Waals surface area contributed by atoms with E-state index in [2.05, 4.69) is 44.0 Å². The zero-order valence-electron chi connectivity index (χ0n) is 13.7. The first-order valence-electron chi connectivity index (χ1n) is 7.65. The van der Waals surface area contributed by atoms with Crippen LogP contribution in [0.5, 0.6) is 0 Å². The largest absolute Gasteiger partial charge is 0.323 e. The number of nitrogens with one attached hydrogen (secondary N) is 1. The van der Waals surface area contributed by atoms with Gasteiger partial charge in [-0.3, -0.25) is 4.79 Å². The van der Waals surface area contributed by atoms with Gasteiger partial charge in [0, 0.05) is 11.3 Å². The van der Waals surface area contributed by atoms with Gasteiger partial charge in [-0.25, -0.2) is 0 Å². The number of amides is 1. The summed E-state index contributed by atoms with van der Waals surface area (Å²) in [5, 5.41) is 2.83. The van der Waals surface area contributed by atoms with Gasteiger partial charge in [-0.2, -0.15) is 0 Å². The maximum Gasteiger partial charge on any atom is 0.255 e. The molecule has 1 rings (SSSR count). The normalized spacial score (nSPS) is 12.5. The van der Waals surface area contributed by atoms with Crippen molar-refractivity contribution in [2.75, 3.05) is 0 Å². The summed E-state index contributed by atoms with van der Waals surface area (Å²) in [5.41, 5.74) is 3.44. The van der Waals surface area contributed by atoms with E-state index in [0.29, 0.717) is 11.3 Å². The smallest absolute Gasteiger partial charge is 0.255 e. The molecule has 0 saturated heterocycles. The average molecular weight is 295 g/mol. The van der Waals surface area contributed by atoms with Gasteiger partial charge in [-0.1, -0.05) is 56.4 Å². The fraction of sp³-hybridized carbons (Fsp3) is 0.250. The zero-order valence-corrected chi connectivity index (χ0v) is 13.7. The van der Waals surface area contributed by atoms with Gasteiger partial charge >= 0.3 is 0 Å². The van der Waals surface area contributed by atoms with Crippen LogP contribution < -0.4 is 5.32 Å². The molecule has 1 aromatic carbocycles. The van der Waals surface area contributed by atoms with Crippen LogP contribution >= 0.6 is 0 Å². The van der Waals surface area contributed by atoms with Gasteiger partial charge in [0.1, 0.15) is 0 Å². The number of carbonyl (C=O) groups is 1. The topological polar surface area (TPSA) is 29.1 Å². The van der Waals surface area contributed by atoms with E-state index >= 15 is 0 Å². The van der Waals surface area contributed by atoms with E-state index in [1.807, 2.05) is 31.2 Å². The molecule has 0 fully saturated rings. The number of hydrogen-bond donors (Lipinski definition) is 1. The molecule has 0 aliphatic carbocycles. The van der Waals surface area contributed by atoms with Crippen molar-refractivity contribution in [2.45, 2.75) is 33.6 Å². The second-order valence-corrected chi connectivity index (χ2v) is 5.11. The summed E-state index contributed by atoms with van der Waals surface area (Å²) in [7, 11) is 0. The lowest BCUT2D eigenvalue weighted by Crippen LogP contribution is -2.21. The molecule has 0 radical (unpaired) electrons. The number of carbonyl (C=O) groups excluding carboxylic acids is 1. The Hall–Kier alpha value is -2.35. The molecule has 0 heterocycles. The molecule has 0 unspecified atom stereocenters. The van der Waals surface area contributed by atoms with E-state index < -0.39 is 0 Å². The number of rotatable bonds is 7. The number of benzene rings is 1. The zero-order chi connectivity index (χ0) is 16.4. The van der Waals surface area contributed by atoms with Crippen molar-refractivity contribution >= 4 is 5.91 Å². The molecule has 1 N–H and O–H groups in total. The Morgan fingerprint density at radius 2 is 1.95 bits per heavy atom. The molecule has 0 aliphatic rings. The summed E-state index contributed by atoms with van der Waals surface area (Å²) < 4.78 is 0.